The third-order valence-corrected chi connectivity index (χ3v) is 4.09. The Labute approximate surface area is 119 Å². The summed E-state index contributed by atoms with van der Waals surface area (Å²) in [5.41, 5.74) is 3.39. The molecule has 0 amide bonds. The van der Waals surface area contributed by atoms with Crippen molar-refractivity contribution >= 4 is 21.9 Å². The molecule has 4 heteroatoms. The average Bonchev–Trinajstić information content (AvgIpc) is 2.35. The molecule has 0 bridgehead atoms. The number of hydrogen-bond donors (Lipinski definition) is 1. The van der Waals surface area contributed by atoms with Gasteiger partial charge in [0.1, 0.15) is 5.82 Å². The van der Waals surface area contributed by atoms with Crippen LogP contribution in [0.25, 0.3) is 11.1 Å². The first kappa shape index (κ1) is 13.7. The van der Waals surface area contributed by atoms with E-state index in [-0.39, 0.29) is 5.56 Å². The number of halogens is 2. The Morgan fingerprint density at radius 2 is 1.84 bits per heavy atom. The van der Waals surface area contributed by atoms with Gasteiger partial charge in [0.15, 0.2) is 0 Å². The van der Waals surface area contributed by atoms with Gasteiger partial charge in [-0.25, -0.2) is 9.18 Å². The van der Waals surface area contributed by atoms with Crippen molar-refractivity contribution in [3.8, 4) is 11.1 Å². The molecule has 2 rings (SSSR count). The summed E-state index contributed by atoms with van der Waals surface area (Å²) in [4.78, 5) is 10.8. The summed E-state index contributed by atoms with van der Waals surface area (Å²) in [5, 5.41) is 8.82. The fourth-order valence-electron chi connectivity index (χ4n) is 1.96. The molecule has 2 aromatic carbocycles. The van der Waals surface area contributed by atoms with Crippen molar-refractivity contribution < 1.29 is 14.3 Å². The van der Waals surface area contributed by atoms with E-state index in [2.05, 4.69) is 15.9 Å². The van der Waals surface area contributed by atoms with Gasteiger partial charge in [-0.2, -0.15) is 0 Å². The number of aromatic carboxylic acids is 1. The minimum absolute atomic E-state index is 0.310. The summed E-state index contributed by atoms with van der Waals surface area (Å²) in [7, 11) is 0. The minimum atomic E-state index is -1.26. The lowest BCUT2D eigenvalue weighted by atomic mass is 9.96. The summed E-state index contributed by atoms with van der Waals surface area (Å²) < 4.78 is 14.7. The fraction of sp³-hybridized carbons (Fsp3) is 0.133. The lowest BCUT2D eigenvalue weighted by Gasteiger charge is -2.11. The SMILES string of the molecule is Cc1c(Br)ccc(-c2ccc(C(=O)O)c(F)c2)c1C. The Hall–Kier alpha value is -1.68. The largest absolute Gasteiger partial charge is 0.478 e. The standard InChI is InChI=1S/C15H12BrFO2/c1-8-9(2)13(16)6-5-11(8)10-3-4-12(15(18)19)14(17)7-10/h3-7H,1-2H3,(H,18,19). The summed E-state index contributed by atoms with van der Waals surface area (Å²) in [6, 6.07) is 7.98. The van der Waals surface area contributed by atoms with Crippen LogP contribution in [0.2, 0.25) is 0 Å². The van der Waals surface area contributed by atoms with E-state index in [1.807, 2.05) is 26.0 Å². The molecule has 0 atom stereocenters. The smallest absolute Gasteiger partial charge is 0.338 e. The fourth-order valence-corrected chi connectivity index (χ4v) is 2.39. The number of hydrogen-bond acceptors (Lipinski definition) is 1. The van der Waals surface area contributed by atoms with Gasteiger partial charge in [-0.1, -0.05) is 28.1 Å². The first-order valence-electron chi connectivity index (χ1n) is 5.70. The molecule has 0 fully saturated rings. The molecule has 1 N–H and O–H groups in total. The number of carboxylic acids is 1. The van der Waals surface area contributed by atoms with Crippen molar-refractivity contribution in [3.05, 3.63) is 57.3 Å². The maximum absolute atomic E-state index is 13.7. The Kier molecular flexibility index (Phi) is 3.71. The van der Waals surface area contributed by atoms with Crippen LogP contribution in [0.15, 0.2) is 34.8 Å². The summed E-state index contributed by atoms with van der Waals surface area (Å²) in [6.45, 7) is 3.93. The monoisotopic (exact) mass is 322 g/mol. The van der Waals surface area contributed by atoms with Crippen LogP contribution in [-0.2, 0) is 0 Å². The molecule has 0 aromatic heterocycles. The van der Waals surface area contributed by atoms with E-state index in [9.17, 15) is 9.18 Å². The minimum Gasteiger partial charge on any atom is -0.478 e. The third-order valence-electron chi connectivity index (χ3n) is 3.23. The van der Waals surface area contributed by atoms with Crippen molar-refractivity contribution in [1.29, 1.82) is 0 Å². The van der Waals surface area contributed by atoms with Gasteiger partial charge in [0.25, 0.3) is 0 Å². The Morgan fingerprint density at radius 1 is 1.16 bits per heavy atom. The first-order chi connectivity index (χ1) is 8.91. The zero-order chi connectivity index (χ0) is 14.2. The number of carboxylic acid groups (broad SMARTS) is 1. The molecule has 0 heterocycles. The predicted molar refractivity (Wildman–Crippen MR) is 76.0 cm³/mol. The lowest BCUT2D eigenvalue weighted by Crippen LogP contribution is -2.00. The van der Waals surface area contributed by atoms with Crippen LogP contribution >= 0.6 is 15.9 Å². The van der Waals surface area contributed by atoms with Crippen LogP contribution in [0.1, 0.15) is 21.5 Å². The molecule has 0 spiro atoms. The van der Waals surface area contributed by atoms with Gasteiger partial charge in [0, 0.05) is 4.47 Å². The van der Waals surface area contributed by atoms with E-state index < -0.39 is 11.8 Å². The van der Waals surface area contributed by atoms with Gasteiger partial charge >= 0.3 is 5.97 Å². The molecule has 19 heavy (non-hydrogen) atoms. The molecular weight excluding hydrogens is 311 g/mol. The zero-order valence-corrected chi connectivity index (χ0v) is 12.1. The Balaban J connectivity index is 2.58. The van der Waals surface area contributed by atoms with Gasteiger partial charge < -0.3 is 5.11 Å². The van der Waals surface area contributed by atoms with Crippen LogP contribution in [-0.4, -0.2) is 11.1 Å². The highest BCUT2D eigenvalue weighted by atomic mass is 79.9. The Morgan fingerprint density at radius 3 is 2.42 bits per heavy atom. The van der Waals surface area contributed by atoms with Crippen LogP contribution < -0.4 is 0 Å². The first-order valence-corrected chi connectivity index (χ1v) is 6.50. The second-order valence-electron chi connectivity index (χ2n) is 4.34. The molecule has 0 unspecified atom stereocenters. The van der Waals surface area contributed by atoms with Gasteiger partial charge in [-0.15, -0.1) is 0 Å². The van der Waals surface area contributed by atoms with Gasteiger partial charge in [0.05, 0.1) is 5.56 Å². The van der Waals surface area contributed by atoms with E-state index in [1.54, 1.807) is 6.07 Å². The van der Waals surface area contributed by atoms with E-state index in [0.29, 0.717) is 5.56 Å². The van der Waals surface area contributed by atoms with E-state index in [1.165, 1.54) is 12.1 Å². The maximum Gasteiger partial charge on any atom is 0.338 e. The van der Waals surface area contributed by atoms with Crippen molar-refractivity contribution in [3.63, 3.8) is 0 Å². The normalized spacial score (nSPS) is 10.5. The Bertz CT molecular complexity index is 665. The molecule has 2 nitrogen and oxygen atoms in total. The topological polar surface area (TPSA) is 37.3 Å². The van der Waals surface area contributed by atoms with Crippen molar-refractivity contribution in [2.24, 2.45) is 0 Å². The number of benzene rings is 2. The number of rotatable bonds is 2. The molecule has 2 aromatic rings. The van der Waals surface area contributed by atoms with Gasteiger partial charge in [-0.05, 0) is 54.3 Å². The molecule has 98 valence electrons. The molecule has 0 aliphatic rings. The predicted octanol–water partition coefficient (Wildman–Crippen LogP) is 4.57. The van der Waals surface area contributed by atoms with Gasteiger partial charge in [-0.3, -0.25) is 0 Å². The molecule has 0 radical (unpaired) electrons. The molecular formula is C15H12BrFO2. The zero-order valence-electron chi connectivity index (χ0n) is 10.5. The van der Waals surface area contributed by atoms with E-state index >= 15 is 0 Å². The lowest BCUT2D eigenvalue weighted by molar-refractivity contribution is 0.0692. The van der Waals surface area contributed by atoms with Crippen molar-refractivity contribution in [1.82, 2.24) is 0 Å². The van der Waals surface area contributed by atoms with Crippen molar-refractivity contribution in [2.75, 3.05) is 0 Å². The second-order valence-corrected chi connectivity index (χ2v) is 5.20. The number of carbonyl (C=O) groups is 1. The maximum atomic E-state index is 13.7. The highest BCUT2D eigenvalue weighted by Gasteiger charge is 2.13. The van der Waals surface area contributed by atoms with Gasteiger partial charge in [0.2, 0.25) is 0 Å². The third kappa shape index (κ3) is 2.54. The van der Waals surface area contributed by atoms with Crippen LogP contribution in [0.4, 0.5) is 4.39 Å². The van der Waals surface area contributed by atoms with E-state index in [4.69, 9.17) is 5.11 Å². The molecule has 0 aliphatic carbocycles. The van der Waals surface area contributed by atoms with Crippen LogP contribution in [0.3, 0.4) is 0 Å². The van der Waals surface area contributed by atoms with E-state index in [0.717, 1.165) is 21.2 Å². The summed E-state index contributed by atoms with van der Waals surface area (Å²) in [5.74, 6) is -1.97. The van der Waals surface area contributed by atoms with Crippen LogP contribution in [0.5, 0.6) is 0 Å². The molecule has 0 saturated carbocycles. The average molecular weight is 323 g/mol. The van der Waals surface area contributed by atoms with Crippen molar-refractivity contribution in [2.45, 2.75) is 13.8 Å². The molecule has 0 saturated heterocycles. The summed E-state index contributed by atoms with van der Waals surface area (Å²) in [6.07, 6.45) is 0. The highest BCUT2D eigenvalue weighted by Crippen LogP contribution is 2.30. The van der Waals surface area contributed by atoms with Crippen LogP contribution in [0, 0.1) is 19.7 Å². The quantitative estimate of drug-likeness (QED) is 0.879. The highest BCUT2D eigenvalue weighted by molar-refractivity contribution is 9.10. The summed E-state index contributed by atoms with van der Waals surface area (Å²) >= 11 is 3.45. The second kappa shape index (κ2) is 5.13. The molecule has 0 aliphatic heterocycles.